The minimum absolute atomic E-state index is 0.143. The first kappa shape index (κ1) is 15.1. The number of rotatable bonds is 4. The Hall–Kier alpha value is -2.49. The molecule has 2 aromatic carbocycles. The zero-order valence-corrected chi connectivity index (χ0v) is 13.8. The predicted molar refractivity (Wildman–Crippen MR) is 95.9 cm³/mol. The summed E-state index contributed by atoms with van der Waals surface area (Å²) in [4.78, 5) is 17.1. The van der Waals surface area contributed by atoms with Gasteiger partial charge >= 0.3 is 0 Å². The highest BCUT2D eigenvalue weighted by Crippen LogP contribution is 2.39. The van der Waals surface area contributed by atoms with Gasteiger partial charge in [0.2, 0.25) is 5.91 Å². The van der Waals surface area contributed by atoms with E-state index < -0.39 is 0 Å². The van der Waals surface area contributed by atoms with Crippen molar-refractivity contribution < 1.29 is 9.53 Å². The van der Waals surface area contributed by atoms with Crippen LogP contribution in [-0.2, 0) is 11.2 Å². The van der Waals surface area contributed by atoms with Crippen LogP contribution in [-0.4, -0.2) is 32.1 Å². The number of hydrogen-bond donors (Lipinski definition) is 0. The van der Waals surface area contributed by atoms with Crippen molar-refractivity contribution in [2.75, 3.05) is 36.0 Å². The third-order valence-electron chi connectivity index (χ3n) is 4.80. The molecular weight excluding hydrogens is 300 g/mol. The van der Waals surface area contributed by atoms with Gasteiger partial charge in [-0.2, -0.15) is 0 Å². The van der Waals surface area contributed by atoms with E-state index in [1.165, 1.54) is 17.7 Å². The van der Waals surface area contributed by atoms with Crippen LogP contribution in [0.25, 0.3) is 0 Å². The number of anilines is 2. The van der Waals surface area contributed by atoms with Gasteiger partial charge in [0.1, 0.15) is 5.75 Å². The summed E-state index contributed by atoms with van der Waals surface area (Å²) in [6.45, 7) is 3.21. The maximum absolute atomic E-state index is 12.7. The molecular formula is C20H22N2O2. The van der Waals surface area contributed by atoms with Crippen molar-refractivity contribution in [3.63, 3.8) is 0 Å². The Morgan fingerprint density at radius 3 is 2.75 bits per heavy atom. The van der Waals surface area contributed by atoms with Gasteiger partial charge in [0, 0.05) is 19.6 Å². The lowest BCUT2D eigenvalue weighted by Gasteiger charge is -2.41. The molecule has 4 nitrogen and oxygen atoms in total. The number of nitrogens with zero attached hydrogens (tertiary/aromatic N) is 2. The van der Waals surface area contributed by atoms with Crippen molar-refractivity contribution in [3.8, 4) is 5.75 Å². The fourth-order valence-electron chi connectivity index (χ4n) is 3.67. The van der Waals surface area contributed by atoms with Crippen LogP contribution in [0.5, 0.6) is 5.75 Å². The van der Waals surface area contributed by atoms with Crippen LogP contribution >= 0.6 is 0 Å². The summed E-state index contributed by atoms with van der Waals surface area (Å²) in [6, 6.07) is 16.0. The Morgan fingerprint density at radius 1 is 1.00 bits per heavy atom. The van der Waals surface area contributed by atoms with Crippen molar-refractivity contribution >= 4 is 17.3 Å². The first-order chi connectivity index (χ1) is 11.8. The van der Waals surface area contributed by atoms with Crippen molar-refractivity contribution in [3.05, 3.63) is 54.1 Å². The summed E-state index contributed by atoms with van der Waals surface area (Å²) in [5.74, 6) is 0.955. The number of aryl methyl sites for hydroxylation is 1. The van der Waals surface area contributed by atoms with E-state index in [1.54, 1.807) is 0 Å². The first-order valence-corrected chi connectivity index (χ1v) is 8.68. The first-order valence-electron chi connectivity index (χ1n) is 8.68. The second-order valence-electron chi connectivity index (χ2n) is 6.33. The molecule has 0 fully saturated rings. The van der Waals surface area contributed by atoms with Gasteiger partial charge in [-0.3, -0.25) is 4.79 Å². The molecule has 0 saturated carbocycles. The molecule has 0 spiro atoms. The molecule has 2 aromatic rings. The Bertz CT molecular complexity index is 730. The normalized spacial score (nSPS) is 15.8. The average Bonchev–Trinajstić information content (AvgIpc) is 2.63. The summed E-state index contributed by atoms with van der Waals surface area (Å²) in [6.07, 6.45) is 2.71. The zero-order valence-electron chi connectivity index (χ0n) is 13.8. The number of carbonyl (C=O) groups excluding carboxylic acids is 1. The van der Waals surface area contributed by atoms with Crippen LogP contribution in [0.4, 0.5) is 11.4 Å². The van der Waals surface area contributed by atoms with Crippen LogP contribution in [0.1, 0.15) is 18.4 Å². The molecule has 1 amide bonds. The van der Waals surface area contributed by atoms with Gasteiger partial charge in [0.25, 0.3) is 0 Å². The van der Waals surface area contributed by atoms with Gasteiger partial charge in [-0.15, -0.1) is 0 Å². The molecule has 0 aromatic heterocycles. The van der Waals surface area contributed by atoms with Crippen LogP contribution in [0, 0.1) is 0 Å². The van der Waals surface area contributed by atoms with Crippen molar-refractivity contribution in [1.29, 1.82) is 0 Å². The molecule has 4 heteroatoms. The maximum Gasteiger partial charge on any atom is 0.230 e. The molecule has 0 radical (unpaired) electrons. The Labute approximate surface area is 142 Å². The lowest BCUT2D eigenvalue weighted by atomic mass is 9.98. The smallest absolute Gasteiger partial charge is 0.230 e. The summed E-state index contributed by atoms with van der Waals surface area (Å²) in [5.41, 5.74) is 3.72. The Kier molecular flexibility index (Phi) is 4.11. The molecule has 124 valence electrons. The summed E-state index contributed by atoms with van der Waals surface area (Å²) in [7, 11) is 0. The van der Waals surface area contributed by atoms with Gasteiger partial charge < -0.3 is 14.5 Å². The second-order valence-corrected chi connectivity index (χ2v) is 6.33. The highest BCUT2D eigenvalue weighted by atomic mass is 16.5. The number of hydrogen-bond acceptors (Lipinski definition) is 3. The van der Waals surface area contributed by atoms with Gasteiger partial charge in [-0.05, 0) is 36.6 Å². The topological polar surface area (TPSA) is 32.8 Å². The quantitative estimate of drug-likeness (QED) is 0.866. The molecule has 0 N–H and O–H groups in total. The van der Waals surface area contributed by atoms with Gasteiger partial charge in [-0.25, -0.2) is 0 Å². The van der Waals surface area contributed by atoms with Crippen LogP contribution in [0.15, 0.2) is 48.5 Å². The maximum atomic E-state index is 12.7. The zero-order chi connectivity index (χ0) is 16.4. The average molecular weight is 322 g/mol. The van der Waals surface area contributed by atoms with Crippen LogP contribution in [0.2, 0.25) is 0 Å². The minimum atomic E-state index is 0.143. The number of para-hydroxylation sites is 2. The molecule has 0 atom stereocenters. The largest absolute Gasteiger partial charge is 0.493 e. The van der Waals surface area contributed by atoms with E-state index in [0.717, 1.165) is 37.5 Å². The number of carbonyl (C=O) groups is 1. The fourth-order valence-corrected chi connectivity index (χ4v) is 3.67. The van der Waals surface area contributed by atoms with E-state index in [2.05, 4.69) is 23.1 Å². The highest BCUT2D eigenvalue weighted by Gasteiger charge is 2.30. The lowest BCUT2D eigenvalue weighted by molar-refractivity contribution is -0.119. The third kappa shape index (κ3) is 2.84. The van der Waals surface area contributed by atoms with Crippen LogP contribution in [0.3, 0.4) is 0 Å². The van der Waals surface area contributed by atoms with Gasteiger partial charge in [0.05, 0.1) is 24.4 Å². The predicted octanol–water partition coefficient (Wildman–Crippen LogP) is 3.25. The molecule has 0 bridgehead atoms. The van der Waals surface area contributed by atoms with E-state index in [-0.39, 0.29) is 5.91 Å². The van der Waals surface area contributed by atoms with Crippen molar-refractivity contribution in [2.24, 2.45) is 0 Å². The Morgan fingerprint density at radius 2 is 1.88 bits per heavy atom. The molecule has 2 aliphatic rings. The molecule has 24 heavy (non-hydrogen) atoms. The number of amides is 1. The number of ether oxygens (including phenoxy) is 1. The molecule has 0 saturated heterocycles. The summed E-state index contributed by atoms with van der Waals surface area (Å²) < 4.78 is 5.67. The van der Waals surface area contributed by atoms with Gasteiger partial charge in [-0.1, -0.05) is 30.3 Å². The van der Waals surface area contributed by atoms with E-state index in [4.69, 9.17) is 4.74 Å². The van der Waals surface area contributed by atoms with E-state index >= 15 is 0 Å². The van der Waals surface area contributed by atoms with E-state index in [1.807, 2.05) is 35.2 Å². The standard InChI is InChI=1S/C20H22N2O2/c23-19(11-15-24-17-8-2-1-3-9-17)22-14-13-21-12-5-7-16-6-4-10-18(22)20(16)21/h1-4,6,8-10H,5,7,11-15H2. The molecule has 0 unspecified atom stereocenters. The molecule has 0 aliphatic carbocycles. The summed E-state index contributed by atoms with van der Waals surface area (Å²) in [5, 5.41) is 0. The molecule has 4 rings (SSSR count). The SMILES string of the molecule is O=C(CCOc1ccccc1)N1CCN2CCCc3cccc1c32. The molecule has 2 heterocycles. The van der Waals surface area contributed by atoms with Crippen LogP contribution < -0.4 is 14.5 Å². The van der Waals surface area contributed by atoms with Gasteiger partial charge in [0.15, 0.2) is 0 Å². The van der Waals surface area contributed by atoms with E-state index in [0.29, 0.717) is 13.0 Å². The third-order valence-corrected chi connectivity index (χ3v) is 4.80. The monoisotopic (exact) mass is 322 g/mol. The second kappa shape index (κ2) is 6.56. The lowest BCUT2D eigenvalue weighted by Crippen LogP contribution is -2.46. The number of benzene rings is 2. The molecule has 2 aliphatic heterocycles. The van der Waals surface area contributed by atoms with E-state index in [9.17, 15) is 4.79 Å². The minimum Gasteiger partial charge on any atom is -0.493 e. The fraction of sp³-hybridized carbons (Fsp3) is 0.350. The Balaban J connectivity index is 1.45. The van der Waals surface area contributed by atoms with Crippen molar-refractivity contribution in [1.82, 2.24) is 0 Å². The highest BCUT2D eigenvalue weighted by molar-refractivity contribution is 5.98. The summed E-state index contributed by atoms with van der Waals surface area (Å²) >= 11 is 0. The van der Waals surface area contributed by atoms with Crippen molar-refractivity contribution in [2.45, 2.75) is 19.3 Å².